The van der Waals surface area contributed by atoms with E-state index in [1.807, 2.05) is 6.92 Å². The second kappa shape index (κ2) is 10.2. The monoisotopic (exact) mass is 298 g/mol. The Morgan fingerprint density at radius 1 is 1.33 bits per heavy atom. The van der Waals surface area contributed by atoms with Crippen molar-refractivity contribution in [1.82, 2.24) is 10.2 Å². The van der Waals surface area contributed by atoms with Crippen LogP contribution in [0.1, 0.15) is 53.4 Å². The van der Waals surface area contributed by atoms with Gasteiger partial charge in [0.25, 0.3) is 0 Å². The summed E-state index contributed by atoms with van der Waals surface area (Å²) >= 11 is 0. The summed E-state index contributed by atoms with van der Waals surface area (Å²) in [4.78, 5) is 14.2. The molecule has 1 heterocycles. The van der Waals surface area contributed by atoms with Crippen molar-refractivity contribution in [3.8, 4) is 0 Å². The van der Waals surface area contributed by atoms with Crippen LogP contribution >= 0.6 is 0 Å². The van der Waals surface area contributed by atoms with E-state index in [0.717, 1.165) is 38.5 Å². The van der Waals surface area contributed by atoms with E-state index in [1.54, 1.807) is 0 Å². The van der Waals surface area contributed by atoms with Crippen LogP contribution in [0.25, 0.3) is 0 Å². The van der Waals surface area contributed by atoms with Crippen molar-refractivity contribution in [2.24, 2.45) is 11.8 Å². The fourth-order valence-electron chi connectivity index (χ4n) is 3.13. The number of carbonyl (C=O) groups is 1. The summed E-state index contributed by atoms with van der Waals surface area (Å²) in [6.45, 7) is 13.5. The molecule has 2 atom stereocenters. The molecule has 1 aliphatic heterocycles. The van der Waals surface area contributed by atoms with Gasteiger partial charge in [-0.1, -0.05) is 20.8 Å². The van der Waals surface area contributed by atoms with Crippen LogP contribution in [0.15, 0.2) is 0 Å². The third kappa shape index (κ3) is 7.82. The first-order chi connectivity index (χ1) is 10.0. The lowest BCUT2D eigenvalue weighted by Crippen LogP contribution is -2.50. The first-order valence-corrected chi connectivity index (χ1v) is 8.66. The molecule has 4 heteroatoms. The summed E-state index contributed by atoms with van der Waals surface area (Å²) in [5.41, 5.74) is 0. The molecule has 0 aromatic rings. The molecule has 1 N–H and O–H groups in total. The van der Waals surface area contributed by atoms with Crippen molar-refractivity contribution in [3.05, 3.63) is 0 Å². The van der Waals surface area contributed by atoms with Crippen molar-refractivity contribution in [1.29, 1.82) is 0 Å². The molecule has 0 aromatic carbocycles. The molecule has 0 aliphatic carbocycles. The summed E-state index contributed by atoms with van der Waals surface area (Å²) in [6, 6.07) is 0.517. The molecular weight excluding hydrogens is 264 g/mol. The van der Waals surface area contributed by atoms with Crippen LogP contribution in [0, 0.1) is 11.8 Å². The van der Waals surface area contributed by atoms with Gasteiger partial charge in [0.1, 0.15) is 0 Å². The maximum absolute atomic E-state index is 11.7. The molecule has 1 aliphatic rings. The zero-order valence-electron chi connectivity index (χ0n) is 14.4. The van der Waals surface area contributed by atoms with Gasteiger partial charge in [0, 0.05) is 25.6 Å². The zero-order chi connectivity index (χ0) is 15.7. The third-order valence-electron chi connectivity index (χ3n) is 4.07. The van der Waals surface area contributed by atoms with E-state index in [-0.39, 0.29) is 5.97 Å². The molecule has 1 rings (SSSR count). The molecule has 21 heavy (non-hydrogen) atoms. The van der Waals surface area contributed by atoms with Crippen molar-refractivity contribution in [2.75, 3.05) is 32.8 Å². The highest BCUT2D eigenvalue weighted by Crippen LogP contribution is 2.21. The summed E-state index contributed by atoms with van der Waals surface area (Å²) in [6.07, 6.45) is 4.05. The van der Waals surface area contributed by atoms with Gasteiger partial charge in [-0.3, -0.25) is 4.79 Å². The largest absolute Gasteiger partial charge is 0.466 e. The minimum Gasteiger partial charge on any atom is -0.466 e. The Labute approximate surface area is 130 Å². The van der Waals surface area contributed by atoms with Gasteiger partial charge < -0.3 is 15.0 Å². The highest BCUT2D eigenvalue weighted by atomic mass is 16.5. The molecule has 124 valence electrons. The standard InChI is InChI=1S/C17H34N2O2/c1-5-9-19-12-15(11-17(20)21-6-2)10-16(13-19)18-8-7-14(3)4/h14-16,18H,5-13H2,1-4H3. The van der Waals surface area contributed by atoms with Crippen LogP contribution in [0.3, 0.4) is 0 Å². The third-order valence-corrected chi connectivity index (χ3v) is 4.07. The van der Waals surface area contributed by atoms with Crippen LogP contribution in [0.2, 0.25) is 0 Å². The number of ether oxygens (including phenoxy) is 1. The summed E-state index contributed by atoms with van der Waals surface area (Å²) in [7, 11) is 0. The Morgan fingerprint density at radius 3 is 2.71 bits per heavy atom. The first-order valence-electron chi connectivity index (χ1n) is 8.66. The van der Waals surface area contributed by atoms with Gasteiger partial charge in [-0.15, -0.1) is 0 Å². The van der Waals surface area contributed by atoms with Crippen molar-refractivity contribution < 1.29 is 9.53 Å². The molecule has 0 spiro atoms. The van der Waals surface area contributed by atoms with Crippen LogP contribution < -0.4 is 5.32 Å². The van der Waals surface area contributed by atoms with Gasteiger partial charge in [0.05, 0.1) is 6.61 Å². The lowest BCUT2D eigenvalue weighted by atomic mass is 9.91. The van der Waals surface area contributed by atoms with Crippen LogP contribution in [-0.2, 0) is 9.53 Å². The molecule has 1 saturated heterocycles. The van der Waals surface area contributed by atoms with E-state index in [0.29, 0.717) is 25.0 Å². The Hall–Kier alpha value is -0.610. The summed E-state index contributed by atoms with van der Waals surface area (Å²) in [5, 5.41) is 3.68. The maximum Gasteiger partial charge on any atom is 0.306 e. The van der Waals surface area contributed by atoms with Gasteiger partial charge in [0.2, 0.25) is 0 Å². The van der Waals surface area contributed by atoms with E-state index in [9.17, 15) is 4.79 Å². The molecule has 0 saturated carbocycles. The number of esters is 1. The summed E-state index contributed by atoms with van der Waals surface area (Å²) < 4.78 is 5.11. The van der Waals surface area contributed by atoms with Crippen LogP contribution in [0.5, 0.6) is 0 Å². The molecular formula is C17H34N2O2. The molecule has 2 unspecified atom stereocenters. The van der Waals surface area contributed by atoms with Crippen LogP contribution in [0.4, 0.5) is 0 Å². The van der Waals surface area contributed by atoms with Gasteiger partial charge >= 0.3 is 5.97 Å². The number of hydrogen-bond donors (Lipinski definition) is 1. The minimum absolute atomic E-state index is 0.0400. The average molecular weight is 298 g/mol. The average Bonchev–Trinajstić information content (AvgIpc) is 2.38. The Kier molecular flexibility index (Phi) is 8.93. The Bertz CT molecular complexity index is 295. The number of likely N-dealkylation sites (tertiary alicyclic amines) is 1. The highest BCUT2D eigenvalue weighted by molar-refractivity contribution is 5.69. The second-order valence-corrected chi connectivity index (χ2v) is 6.70. The SMILES string of the molecule is CCCN1CC(CC(=O)OCC)CC(NCCC(C)C)C1. The van der Waals surface area contributed by atoms with Gasteiger partial charge in [0.15, 0.2) is 0 Å². The molecule has 1 fully saturated rings. The fraction of sp³-hybridized carbons (Fsp3) is 0.941. The second-order valence-electron chi connectivity index (χ2n) is 6.70. The topological polar surface area (TPSA) is 41.6 Å². The predicted octanol–water partition coefficient (Wildman–Crippen LogP) is 2.68. The van der Waals surface area contributed by atoms with E-state index < -0.39 is 0 Å². The quantitative estimate of drug-likeness (QED) is 0.665. The number of carbonyl (C=O) groups excluding carboxylic acids is 1. The number of piperidine rings is 1. The van der Waals surface area contributed by atoms with Crippen molar-refractivity contribution in [2.45, 2.75) is 59.4 Å². The number of hydrogen-bond acceptors (Lipinski definition) is 4. The molecule has 0 radical (unpaired) electrons. The summed E-state index contributed by atoms with van der Waals surface area (Å²) in [5.74, 6) is 1.13. The maximum atomic E-state index is 11.7. The van der Waals surface area contributed by atoms with E-state index in [4.69, 9.17) is 4.74 Å². The molecule has 0 bridgehead atoms. The first kappa shape index (κ1) is 18.4. The number of nitrogens with one attached hydrogen (secondary N) is 1. The fourth-order valence-corrected chi connectivity index (χ4v) is 3.13. The molecule has 0 amide bonds. The van der Waals surface area contributed by atoms with E-state index in [1.165, 1.54) is 12.8 Å². The number of nitrogens with zero attached hydrogens (tertiary/aromatic N) is 1. The van der Waals surface area contributed by atoms with Gasteiger partial charge in [-0.2, -0.15) is 0 Å². The minimum atomic E-state index is -0.0400. The van der Waals surface area contributed by atoms with Gasteiger partial charge in [-0.05, 0) is 51.1 Å². The molecule has 0 aromatic heterocycles. The van der Waals surface area contributed by atoms with Gasteiger partial charge in [-0.25, -0.2) is 0 Å². The normalized spacial score (nSPS) is 23.5. The van der Waals surface area contributed by atoms with Crippen molar-refractivity contribution >= 4 is 5.97 Å². The predicted molar refractivity (Wildman–Crippen MR) is 87.3 cm³/mol. The van der Waals surface area contributed by atoms with Crippen molar-refractivity contribution in [3.63, 3.8) is 0 Å². The zero-order valence-corrected chi connectivity index (χ0v) is 14.4. The number of rotatable bonds is 9. The molecule has 4 nitrogen and oxygen atoms in total. The smallest absolute Gasteiger partial charge is 0.306 e. The van der Waals surface area contributed by atoms with E-state index in [2.05, 4.69) is 31.0 Å². The Morgan fingerprint density at radius 2 is 2.10 bits per heavy atom. The lowest BCUT2D eigenvalue weighted by Gasteiger charge is -2.38. The Balaban J connectivity index is 2.45. The van der Waals surface area contributed by atoms with Crippen LogP contribution in [-0.4, -0.2) is 49.7 Å². The lowest BCUT2D eigenvalue weighted by molar-refractivity contribution is -0.144. The van der Waals surface area contributed by atoms with E-state index >= 15 is 0 Å². The highest BCUT2D eigenvalue weighted by Gasteiger charge is 2.28.